The Hall–Kier alpha value is -1.33. The predicted octanol–water partition coefficient (Wildman–Crippen LogP) is 0.829. The Morgan fingerprint density at radius 1 is 1.30 bits per heavy atom. The molecule has 6 heteroatoms. The summed E-state index contributed by atoms with van der Waals surface area (Å²) in [5.41, 5.74) is 0. The van der Waals surface area contributed by atoms with E-state index in [-0.39, 0.29) is 6.42 Å². The molecule has 10 heavy (non-hydrogen) atoms. The quantitative estimate of drug-likeness (QED) is 0.334. The first-order chi connectivity index (χ1) is 4.59. The van der Waals surface area contributed by atoms with Crippen molar-refractivity contribution in [1.82, 2.24) is 0 Å². The molecule has 58 valence electrons. The Labute approximate surface area is 57.1 Å². The van der Waals surface area contributed by atoms with Crippen LogP contribution in [0.1, 0.15) is 19.8 Å². The van der Waals surface area contributed by atoms with Crippen molar-refractivity contribution in [3.63, 3.8) is 0 Å². The fraction of sp³-hybridized carbons (Fsp3) is 0.750. The van der Waals surface area contributed by atoms with Crippen LogP contribution in [0, 0.1) is 26.4 Å². The summed E-state index contributed by atoms with van der Waals surface area (Å²) in [4.78, 5) is 17.8. The number of hydrogen-bond donors (Lipinski definition) is 0. The lowest BCUT2D eigenvalue weighted by Crippen LogP contribution is -2.18. The molecule has 0 N–H and O–H groups in total. The molecular formula is C4H7N2O4-. The average Bonchev–Trinajstić information content (AvgIpc) is 1.81. The maximum Gasteiger partial charge on any atom is 0.264 e. The lowest BCUT2D eigenvalue weighted by molar-refractivity contribution is -0.672. The number of nitrogens with zero attached hydrogens (tertiary/aromatic N) is 2. The Morgan fingerprint density at radius 2 is 1.70 bits per heavy atom. The zero-order chi connectivity index (χ0) is 8.15. The van der Waals surface area contributed by atoms with Gasteiger partial charge < -0.3 is 0 Å². The average molecular weight is 147 g/mol. The monoisotopic (exact) mass is 147 g/mol. The van der Waals surface area contributed by atoms with E-state index in [1.807, 2.05) is 0 Å². The van der Waals surface area contributed by atoms with Crippen molar-refractivity contribution in [2.24, 2.45) is 0 Å². The molecule has 0 aliphatic carbocycles. The van der Waals surface area contributed by atoms with Crippen molar-refractivity contribution in [2.45, 2.75) is 19.8 Å². The Bertz CT molecular complexity index is 132. The molecule has 0 amide bonds. The molecule has 0 spiro atoms. The summed E-state index contributed by atoms with van der Waals surface area (Å²) in [6.45, 7) is 1.65. The third-order valence-corrected chi connectivity index (χ3v) is 0.895. The van der Waals surface area contributed by atoms with E-state index >= 15 is 0 Å². The first kappa shape index (κ1) is 8.67. The van der Waals surface area contributed by atoms with Crippen molar-refractivity contribution in [2.75, 3.05) is 0 Å². The molecule has 0 saturated carbocycles. The third kappa shape index (κ3) is 2.29. The number of rotatable bonds is 4. The summed E-state index contributed by atoms with van der Waals surface area (Å²) >= 11 is 0. The minimum absolute atomic E-state index is 0.0833. The third-order valence-electron chi connectivity index (χ3n) is 0.895. The zero-order valence-electron chi connectivity index (χ0n) is 5.44. The highest BCUT2D eigenvalue weighted by atomic mass is 16.7. The van der Waals surface area contributed by atoms with E-state index in [1.54, 1.807) is 6.92 Å². The van der Waals surface area contributed by atoms with Gasteiger partial charge in [0, 0.05) is 0 Å². The van der Waals surface area contributed by atoms with Gasteiger partial charge in [-0.05, 0) is 16.3 Å². The molecule has 0 bridgehead atoms. The van der Waals surface area contributed by atoms with Gasteiger partial charge >= 0.3 is 0 Å². The van der Waals surface area contributed by atoms with Gasteiger partial charge in [-0.1, -0.05) is 13.3 Å². The molecule has 0 aromatic heterocycles. The van der Waals surface area contributed by atoms with E-state index in [1.165, 1.54) is 0 Å². The van der Waals surface area contributed by atoms with Crippen LogP contribution in [0.4, 0.5) is 0 Å². The SMILES string of the molecule is CCC[C-]([N+](=O)[O-])[N+](=O)[O-]. The van der Waals surface area contributed by atoms with Crippen LogP contribution >= 0.6 is 0 Å². The summed E-state index contributed by atoms with van der Waals surface area (Å²) in [5, 5.41) is 19.7. The van der Waals surface area contributed by atoms with Crippen molar-refractivity contribution >= 4 is 0 Å². The van der Waals surface area contributed by atoms with Crippen molar-refractivity contribution in [1.29, 1.82) is 0 Å². The van der Waals surface area contributed by atoms with Gasteiger partial charge in [-0.3, -0.25) is 20.2 Å². The van der Waals surface area contributed by atoms with Gasteiger partial charge in [-0.25, -0.2) is 0 Å². The Morgan fingerprint density at radius 3 is 1.80 bits per heavy atom. The molecule has 0 radical (unpaired) electrons. The maximum absolute atomic E-state index is 9.86. The van der Waals surface area contributed by atoms with Gasteiger partial charge in [0.25, 0.3) is 6.17 Å². The second kappa shape index (κ2) is 3.65. The second-order valence-corrected chi connectivity index (χ2v) is 1.68. The summed E-state index contributed by atoms with van der Waals surface area (Å²) in [6, 6.07) is 0. The van der Waals surface area contributed by atoms with Crippen molar-refractivity contribution < 1.29 is 9.85 Å². The van der Waals surface area contributed by atoms with Crippen LogP contribution in [0.15, 0.2) is 0 Å². The standard InChI is InChI=1S/C4H7N2O4/c1-2-3-4(5(7)8)6(9)10/h2-3H2,1H3/q-1. The van der Waals surface area contributed by atoms with E-state index in [0.717, 1.165) is 0 Å². The van der Waals surface area contributed by atoms with E-state index in [9.17, 15) is 20.2 Å². The first-order valence-corrected chi connectivity index (χ1v) is 2.74. The lowest BCUT2D eigenvalue weighted by Gasteiger charge is -2.09. The smallest absolute Gasteiger partial charge is 0.264 e. The minimum Gasteiger partial charge on any atom is -0.289 e. The normalized spacial score (nSPS) is 8.90. The first-order valence-electron chi connectivity index (χ1n) is 2.74. The Kier molecular flexibility index (Phi) is 3.16. The molecule has 6 nitrogen and oxygen atoms in total. The fourth-order valence-electron chi connectivity index (χ4n) is 0.473. The molecule has 0 fully saturated rings. The fourth-order valence-corrected chi connectivity index (χ4v) is 0.473. The zero-order valence-corrected chi connectivity index (χ0v) is 5.44. The van der Waals surface area contributed by atoms with Crippen molar-refractivity contribution in [3.8, 4) is 0 Å². The molecule has 0 rings (SSSR count). The predicted molar refractivity (Wildman–Crippen MR) is 32.1 cm³/mol. The molecule has 0 unspecified atom stereocenters. The maximum atomic E-state index is 9.86. The highest BCUT2D eigenvalue weighted by Crippen LogP contribution is 2.08. The van der Waals surface area contributed by atoms with Gasteiger partial charge in [0.15, 0.2) is 0 Å². The summed E-state index contributed by atoms with van der Waals surface area (Å²) in [7, 11) is 0. The number of hydrogen-bond acceptors (Lipinski definition) is 4. The molecule has 0 heterocycles. The largest absolute Gasteiger partial charge is 0.289 e. The van der Waals surface area contributed by atoms with Gasteiger partial charge in [0.2, 0.25) is 0 Å². The number of nitro groups is 2. The lowest BCUT2D eigenvalue weighted by atomic mass is 10.3. The van der Waals surface area contributed by atoms with Gasteiger partial charge in [-0.15, -0.1) is 0 Å². The van der Waals surface area contributed by atoms with Crippen LogP contribution in [-0.4, -0.2) is 9.85 Å². The molecule has 0 saturated heterocycles. The molecule has 0 aliphatic heterocycles. The van der Waals surface area contributed by atoms with Crippen LogP contribution in [0.5, 0.6) is 0 Å². The highest BCUT2D eigenvalue weighted by Gasteiger charge is 2.16. The summed E-state index contributed by atoms with van der Waals surface area (Å²) < 4.78 is 0. The van der Waals surface area contributed by atoms with E-state index in [4.69, 9.17) is 0 Å². The molecule has 0 aromatic carbocycles. The van der Waals surface area contributed by atoms with Crippen molar-refractivity contribution in [3.05, 3.63) is 26.4 Å². The summed E-state index contributed by atoms with van der Waals surface area (Å²) in [5.74, 6) is 0. The van der Waals surface area contributed by atoms with E-state index in [2.05, 4.69) is 0 Å². The van der Waals surface area contributed by atoms with Crippen LogP contribution in [0.25, 0.3) is 0 Å². The summed E-state index contributed by atoms with van der Waals surface area (Å²) in [6.07, 6.45) is -0.500. The molecule has 0 aliphatic rings. The molecular weight excluding hydrogens is 140 g/mol. The van der Waals surface area contributed by atoms with Gasteiger partial charge in [-0.2, -0.15) is 0 Å². The molecule has 0 aromatic rings. The van der Waals surface area contributed by atoms with Crippen LogP contribution in [0.2, 0.25) is 0 Å². The molecule has 0 atom stereocenters. The van der Waals surface area contributed by atoms with Gasteiger partial charge in [0.1, 0.15) is 0 Å². The van der Waals surface area contributed by atoms with Crippen LogP contribution in [0.3, 0.4) is 0 Å². The topological polar surface area (TPSA) is 86.3 Å². The minimum atomic E-state index is -0.955. The van der Waals surface area contributed by atoms with E-state index in [0.29, 0.717) is 6.42 Å². The van der Waals surface area contributed by atoms with Gasteiger partial charge in [0.05, 0.1) is 0 Å². The van der Waals surface area contributed by atoms with Crippen LogP contribution in [-0.2, 0) is 0 Å². The van der Waals surface area contributed by atoms with E-state index < -0.39 is 16.0 Å². The van der Waals surface area contributed by atoms with Crippen LogP contribution < -0.4 is 0 Å². The Balaban J connectivity index is 3.98. The highest BCUT2D eigenvalue weighted by molar-refractivity contribution is 4.58. The second-order valence-electron chi connectivity index (χ2n) is 1.68.